The highest BCUT2D eigenvalue weighted by atomic mass is 16.2. The van der Waals surface area contributed by atoms with Gasteiger partial charge in [0.05, 0.1) is 0 Å². The Hall–Kier alpha value is -2.44. The minimum absolute atomic E-state index is 0.0904. The summed E-state index contributed by atoms with van der Waals surface area (Å²) in [5.74, 6) is 0. The molecule has 0 radical (unpaired) electrons. The fraction of sp³-hybridized carbons (Fsp3) is 0.455. The van der Waals surface area contributed by atoms with Gasteiger partial charge >= 0.3 is 6.03 Å². The van der Waals surface area contributed by atoms with Gasteiger partial charge in [-0.05, 0) is 23.6 Å². The topological polar surface area (TPSA) is 51.7 Å². The van der Waals surface area contributed by atoms with Gasteiger partial charge in [-0.25, -0.2) is 4.79 Å². The first kappa shape index (κ1) is 18.9. The van der Waals surface area contributed by atoms with Crippen LogP contribution in [0.2, 0.25) is 0 Å². The summed E-state index contributed by atoms with van der Waals surface area (Å²) < 4.78 is 0. The van der Waals surface area contributed by atoms with Gasteiger partial charge in [-0.2, -0.15) is 0 Å². The van der Waals surface area contributed by atoms with E-state index in [1.165, 1.54) is 11.1 Å². The van der Waals surface area contributed by atoms with E-state index in [0.717, 1.165) is 58.8 Å². The molecule has 2 aliphatic rings. The van der Waals surface area contributed by atoms with Gasteiger partial charge in [0.2, 0.25) is 0 Å². The minimum atomic E-state index is 0.0904. The summed E-state index contributed by atoms with van der Waals surface area (Å²) in [4.78, 5) is 23.6. The zero-order valence-electron chi connectivity index (χ0n) is 16.3. The molecule has 1 aromatic carbocycles. The van der Waals surface area contributed by atoms with E-state index < -0.39 is 0 Å². The van der Waals surface area contributed by atoms with Crippen molar-refractivity contribution in [2.45, 2.75) is 25.6 Å². The molecule has 1 aromatic heterocycles. The van der Waals surface area contributed by atoms with Crippen molar-refractivity contribution in [3.05, 3.63) is 66.0 Å². The van der Waals surface area contributed by atoms with Crippen LogP contribution in [0.15, 0.2) is 54.9 Å². The van der Waals surface area contributed by atoms with E-state index in [2.05, 4.69) is 50.4 Å². The van der Waals surface area contributed by atoms with Crippen molar-refractivity contribution in [2.75, 3.05) is 39.3 Å². The van der Waals surface area contributed by atoms with Crippen molar-refractivity contribution in [3.63, 3.8) is 0 Å². The summed E-state index contributed by atoms with van der Waals surface area (Å²) >= 11 is 0. The molecule has 2 fully saturated rings. The number of nitrogens with zero attached hydrogens (tertiary/aromatic N) is 4. The van der Waals surface area contributed by atoms with Gasteiger partial charge < -0.3 is 10.2 Å². The first-order valence-corrected chi connectivity index (χ1v) is 10.2. The van der Waals surface area contributed by atoms with Crippen LogP contribution in [0.3, 0.4) is 0 Å². The van der Waals surface area contributed by atoms with Crippen LogP contribution in [-0.4, -0.2) is 71.0 Å². The number of aromatic nitrogens is 1. The molecular weight excluding hydrogens is 350 g/mol. The molecule has 28 heavy (non-hydrogen) atoms. The average Bonchev–Trinajstić information content (AvgIpc) is 3.17. The van der Waals surface area contributed by atoms with Gasteiger partial charge in [-0.15, -0.1) is 0 Å². The Balaban J connectivity index is 1.19. The molecule has 2 aromatic rings. The second kappa shape index (κ2) is 9.17. The monoisotopic (exact) mass is 379 g/mol. The molecule has 1 atom stereocenters. The molecule has 6 nitrogen and oxygen atoms in total. The number of likely N-dealkylation sites (tertiary alicyclic amines) is 1. The van der Waals surface area contributed by atoms with E-state index in [1.54, 1.807) is 6.20 Å². The highest BCUT2D eigenvalue weighted by Crippen LogP contribution is 2.14. The molecule has 3 heterocycles. The SMILES string of the molecule is O=C(NC1CCN(Cc2ccccc2)C1)N1CCN(Cc2cccnc2)CC1. The number of carbonyl (C=O) groups is 1. The fourth-order valence-corrected chi connectivity index (χ4v) is 4.06. The highest BCUT2D eigenvalue weighted by molar-refractivity contribution is 5.74. The Bertz CT molecular complexity index is 746. The molecule has 0 bridgehead atoms. The molecule has 1 unspecified atom stereocenters. The van der Waals surface area contributed by atoms with Crippen LogP contribution < -0.4 is 5.32 Å². The molecule has 2 amide bonds. The molecule has 0 aliphatic carbocycles. The number of carbonyl (C=O) groups excluding carboxylic acids is 1. The van der Waals surface area contributed by atoms with E-state index in [-0.39, 0.29) is 12.1 Å². The van der Waals surface area contributed by atoms with Gasteiger partial charge in [-0.3, -0.25) is 14.8 Å². The maximum absolute atomic E-state index is 12.7. The van der Waals surface area contributed by atoms with Crippen LogP contribution in [-0.2, 0) is 13.1 Å². The van der Waals surface area contributed by atoms with Crippen LogP contribution in [0.25, 0.3) is 0 Å². The van der Waals surface area contributed by atoms with Gasteiger partial charge in [0.1, 0.15) is 0 Å². The smallest absolute Gasteiger partial charge is 0.317 e. The largest absolute Gasteiger partial charge is 0.334 e. The zero-order chi connectivity index (χ0) is 19.2. The number of amides is 2. The average molecular weight is 380 g/mol. The first-order valence-electron chi connectivity index (χ1n) is 10.2. The fourth-order valence-electron chi connectivity index (χ4n) is 4.06. The van der Waals surface area contributed by atoms with Crippen LogP contribution in [0.4, 0.5) is 4.79 Å². The summed E-state index contributed by atoms with van der Waals surface area (Å²) in [6.07, 6.45) is 4.75. The maximum Gasteiger partial charge on any atom is 0.317 e. The van der Waals surface area contributed by atoms with Crippen molar-refractivity contribution in [2.24, 2.45) is 0 Å². The molecule has 4 rings (SSSR count). The number of nitrogens with one attached hydrogen (secondary N) is 1. The predicted molar refractivity (Wildman–Crippen MR) is 110 cm³/mol. The van der Waals surface area contributed by atoms with E-state index in [4.69, 9.17) is 0 Å². The summed E-state index contributed by atoms with van der Waals surface area (Å²) in [7, 11) is 0. The lowest BCUT2D eigenvalue weighted by molar-refractivity contribution is 0.133. The van der Waals surface area contributed by atoms with Crippen LogP contribution >= 0.6 is 0 Å². The van der Waals surface area contributed by atoms with Gasteiger partial charge in [0.15, 0.2) is 0 Å². The van der Waals surface area contributed by atoms with Crippen LogP contribution in [0, 0.1) is 0 Å². The number of benzene rings is 1. The quantitative estimate of drug-likeness (QED) is 0.865. The van der Waals surface area contributed by atoms with Crippen molar-refractivity contribution < 1.29 is 4.79 Å². The molecule has 2 saturated heterocycles. The van der Waals surface area contributed by atoms with Crippen molar-refractivity contribution in [1.29, 1.82) is 0 Å². The second-order valence-electron chi connectivity index (χ2n) is 7.78. The molecule has 1 N–H and O–H groups in total. The van der Waals surface area contributed by atoms with Gasteiger partial charge in [0, 0.05) is 70.8 Å². The lowest BCUT2D eigenvalue weighted by atomic mass is 10.2. The second-order valence-corrected chi connectivity index (χ2v) is 7.78. The number of hydrogen-bond acceptors (Lipinski definition) is 4. The Morgan fingerprint density at radius 3 is 2.43 bits per heavy atom. The third-order valence-corrected chi connectivity index (χ3v) is 5.64. The summed E-state index contributed by atoms with van der Waals surface area (Å²) in [5, 5.41) is 3.25. The Kier molecular flexibility index (Phi) is 6.19. The molecule has 148 valence electrons. The third kappa shape index (κ3) is 5.09. The highest BCUT2D eigenvalue weighted by Gasteiger charge is 2.27. The van der Waals surface area contributed by atoms with Crippen LogP contribution in [0.1, 0.15) is 17.5 Å². The molecule has 0 saturated carbocycles. The lowest BCUT2D eigenvalue weighted by Crippen LogP contribution is -2.53. The molecule has 2 aliphatic heterocycles. The van der Waals surface area contributed by atoms with E-state index in [1.807, 2.05) is 23.2 Å². The first-order chi connectivity index (χ1) is 13.8. The van der Waals surface area contributed by atoms with E-state index >= 15 is 0 Å². The number of piperazine rings is 1. The molecule has 6 heteroatoms. The Morgan fingerprint density at radius 1 is 0.929 bits per heavy atom. The summed E-state index contributed by atoms with van der Waals surface area (Å²) in [6.45, 7) is 7.22. The van der Waals surface area contributed by atoms with E-state index in [9.17, 15) is 4.79 Å². The zero-order valence-corrected chi connectivity index (χ0v) is 16.3. The summed E-state index contributed by atoms with van der Waals surface area (Å²) in [5.41, 5.74) is 2.56. The normalized spacial score (nSPS) is 21.0. The Labute approximate surface area is 167 Å². The van der Waals surface area contributed by atoms with Gasteiger partial charge in [-0.1, -0.05) is 36.4 Å². The van der Waals surface area contributed by atoms with Gasteiger partial charge in [0.25, 0.3) is 0 Å². The predicted octanol–water partition coefficient (Wildman–Crippen LogP) is 2.18. The number of rotatable bonds is 5. The lowest BCUT2D eigenvalue weighted by Gasteiger charge is -2.35. The molecule has 0 spiro atoms. The number of hydrogen-bond donors (Lipinski definition) is 1. The van der Waals surface area contributed by atoms with E-state index in [0.29, 0.717) is 0 Å². The van der Waals surface area contributed by atoms with Crippen molar-refractivity contribution in [3.8, 4) is 0 Å². The Morgan fingerprint density at radius 2 is 1.68 bits per heavy atom. The van der Waals surface area contributed by atoms with Crippen LogP contribution in [0.5, 0.6) is 0 Å². The summed E-state index contributed by atoms with van der Waals surface area (Å²) in [6, 6.07) is 15.0. The third-order valence-electron chi connectivity index (χ3n) is 5.64. The molecular formula is C22H29N5O. The van der Waals surface area contributed by atoms with Crippen molar-refractivity contribution in [1.82, 2.24) is 25.0 Å². The number of urea groups is 1. The maximum atomic E-state index is 12.7. The minimum Gasteiger partial charge on any atom is -0.334 e. The van der Waals surface area contributed by atoms with Crippen molar-refractivity contribution >= 4 is 6.03 Å². The number of pyridine rings is 1. The standard InChI is InChI=1S/C22H29N5O/c28-22(24-21-8-10-26(18-21)16-19-5-2-1-3-6-19)27-13-11-25(12-14-27)17-20-7-4-9-23-15-20/h1-7,9,15,21H,8,10-14,16-18H2,(H,24,28).